The van der Waals surface area contributed by atoms with Crippen molar-refractivity contribution in [1.29, 1.82) is 0 Å². The first-order valence-electron chi connectivity index (χ1n) is 15.3. The zero-order chi connectivity index (χ0) is 30.5. The van der Waals surface area contributed by atoms with E-state index in [2.05, 4.69) is 77.4 Å². The summed E-state index contributed by atoms with van der Waals surface area (Å²) in [5, 5.41) is 1.17. The molecule has 0 aliphatic carbocycles. The van der Waals surface area contributed by atoms with Crippen molar-refractivity contribution in [3.63, 3.8) is 0 Å². The minimum Gasteiger partial charge on any atom is -0.456 e. The Kier molecular flexibility index (Phi) is 6.06. The fraction of sp³-hybridized carbons (Fsp3) is 0. The van der Waals surface area contributed by atoms with Gasteiger partial charge in [-0.15, -0.1) is 0 Å². The molecule has 0 saturated heterocycles. The molecule has 0 fully saturated rings. The van der Waals surface area contributed by atoms with E-state index < -0.39 is 0 Å². The average molecular weight is 591 g/mol. The number of ether oxygens (including phenoxy) is 1. The minimum atomic E-state index is 0.628. The van der Waals surface area contributed by atoms with Crippen LogP contribution in [0.1, 0.15) is 0 Å². The first kappa shape index (κ1) is 26.1. The molecule has 6 aromatic carbocycles. The van der Waals surface area contributed by atoms with E-state index in [0.717, 1.165) is 61.8 Å². The van der Waals surface area contributed by atoms with Crippen LogP contribution in [0.5, 0.6) is 11.5 Å². The molecule has 8 aromatic rings. The molecule has 0 atom stereocenters. The first-order chi connectivity index (χ1) is 22.8. The molecule has 1 aliphatic heterocycles. The number of benzene rings is 6. The van der Waals surface area contributed by atoms with Gasteiger partial charge in [0.25, 0.3) is 0 Å². The lowest BCUT2D eigenvalue weighted by Crippen LogP contribution is -2.01. The molecule has 216 valence electrons. The molecule has 46 heavy (non-hydrogen) atoms. The molecule has 2 aromatic heterocycles. The van der Waals surface area contributed by atoms with Crippen molar-refractivity contribution >= 4 is 10.9 Å². The summed E-state index contributed by atoms with van der Waals surface area (Å²) in [7, 11) is 0. The third-order valence-electron chi connectivity index (χ3n) is 8.48. The topological polar surface area (TPSA) is 52.8 Å². The van der Waals surface area contributed by atoms with E-state index in [1.807, 2.05) is 84.9 Å². The monoisotopic (exact) mass is 590 g/mol. The lowest BCUT2D eigenvalue weighted by Gasteiger charge is -2.14. The van der Waals surface area contributed by atoms with Crippen LogP contribution in [0, 0.1) is 0 Å². The van der Waals surface area contributed by atoms with E-state index >= 15 is 0 Å². The number of para-hydroxylation sites is 3. The molecule has 3 heterocycles. The van der Waals surface area contributed by atoms with Crippen LogP contribution in [-0.4, -0.2) is 19.5 Å². The summed E-state index contributed by atoms with van der Waals surface area (Å²) in [4.78, 5) is 14.7. The minimum absolute atomic E-state index is 0.628. The normalized spacial score (nSPS) is 11.7. The fourth-order valence-electron chi connectivity index (χ4n) is 6.36. The van der Waals surface area contributed by atoms with E-state index in [0.29, 0.717) is 17.5 Å². The van der Waals surface area contributed by atoms with Gasteiger partial charge < -0.3 is 9.30 Å². The number of rotatable bonds is 4. The van der Waals surface area contributed by atoms with Gasteiger partial charge in [-0.2, -0.15) is 0 Å². The van der Waals surface area contributed by atoms with Crippen molar-refractivity contribution in [1.82, 2.24) is 19.5 Å². The van der Waals surface area contributed by atoms with Crippen molar-refractivity contribution < 1.29 is 4.74 Å². The quantitative estimate of drug-likeness (QED) is 0.205. The van der Waals surface area contributed by atoms with Gasteiger partial charge in [-0.25, -0.2) is 15.0 Å². The predicted molar refractivity (Wildman–Crippen MR) is 184 cm³/mol. The summed E-state index contributed by atoms with van der Waals surface area (Å²) in [6.07, 6.45) is 0. The molecule has 0 N–H and O–H groups in total. The van der Waals surface area contributed by atoms with E-state index in [4.69, 9.17) is 19.7 Å². The van der Waals surface area contributed by atoms with Gasteiger partial charge in [0, 0.05) is 44.5 Å². The van der Waals surface area contributed by atoms with E-state index in [1.54, 1.807) is 0 Å². The molecule has 5 heteroatoms. The van der Waals surface area contributed by atoms with E-state index in [9.17, 15) is 0 Å². The standard InChI is InChI=1S/C41H26N4O/c1-3-13-27(14-4-1)39-42-40(28-15-5-2-6-16-28)44-41(43-39)29-23-25-30(26-24-29)45-34-20-10-7-17-31(34)37-32-18-8-11-21-35(32)46-36-22-12-9-19-33(36)38(37)45/h1-26H. The van der Waals surface area contributed by atoms with Gasteiger partial charge in [0.1, 0.15) is 11.5 Å². The van der Waals surface area contributed by atoms with Crippen molar-refractivity contribution in [3.05, 3.63) is 158 Å². The Bertz CT molecular complexity index is 2320. The highest BCUT2D eigenvalue weighted by atomic mass is 16.5. The number of hydrogen-bond donors (Lipinski definition) is 0. The summed E-state index contributed by atoms with van der Waals surface area (Å²) in [5.74, 6) is 3.60. The first-order valence-corrected chi connectivity index (χ1v) is 15.3. The number of nitrogens with zero attached hydrogens (tertiary/aromatic N) is 4. The van der Waals surface area contributed by atoms with E-state index in [1.165, 1.54) is 5.39 Å². The van der Waals surface area contributed by atoms with Crippen molar-refractivity contribution in [2.45, 2.75) is 0 Å². The van der Waals surface area contributed by atoms with Gasteiger partial charge in [-0.1, -0.05) is 109 Å². The largest absolute Gasteiger partial charge is 0.456 e. The second-order valence-corrected chi connectivity index (χ2v) is 11.3. The molecule has 0 unspecified atom stereocenters. The molecule has 0 bridgehead atoms. The van der Waals surface area contributed by atoms with Gasteiger partial charge in [0.2, 0.25) is 0 Å². The van der Waals surface area contributed by atoms with Gasteiger partial charge in [0.15, 0.2) is 17.5 Å². The highest BCUT2D eigenvalue weighted by molar-refractivity contribution is 6.08. The van der Waals surface area contributed by atoms with Crippen LogP contribution in [0.4, 0.5) is 0 Å². The van der Waals surface area contributed by atoms with Gasteiger partial charge in [0.05, 0.1) is 11.2 Å². The maximum atomic E-state index is 6.52. The summed E-state index contributed by atoms with van der Waals surface area (Å²) >= 11 is 0. The molecular weight excluding hydrogens is 564 g/mol. The zero-order valence-electron chi connectivity index (χ0n) is 24.7. The zero-order valence-corrected chi connectivity index (χ0v) is 24.7. The number of hydrogen-bond acceptors (Lipinski definition) is 4. The van der Waals surface area contributed by atoms with E-state index in [-0.39, 0.29) is 0 Å². The van der Waals surface area contributed by atoms with Crippen LogP contribution in [-0.2, 0) is 0 Å². The van der Waals surface area contributed by atoms with Crippen LogP contribution in [0.25, 0.3) is 73.1 Å². The maximum Gasteiger partial charge on any atom is 0.164 e. The number of aromatic nitrogens is 4. The van der Waals surface area contributed by atoms with Crippen LogP contribution in [0.15, 0.2) is 158 Å². The lowest BCUT2D eigenvalue weighted by atomic mass is 9.98. The van der Waals surface area contributed by atoms with Crippen molar-refractivity contribution in [2.75, 3.05) is 0 Å². The Morgan fingerprint density at radius 3 is 1.52 bits per heavy atom. The Morgan fingerprint density at radius 2 is 0.891 bits per heavy atom. The molecule has 0 saturated carbocycles. The third-order valence-corrected chi connectivity index (χ3v) is 8.48. The van der Waals surface area contributed by atoms with Crippen molar-refractivity contribution in [2.24, 2.45) is 0 Å². The number of fused-ring (bicyclic) bond motifs is 7. The summed E-state index contributed by atoms with van der Waals surface area (Å²) in [6.45, 7) is 0. The van der Waals surface area contributed by atoms with Crippen molar-refractivity contribution in [3.8, 4) is 73.7 Å². The summed E-state index contributed by atoms with van der Waals surface area (Å²) < 4.78 is 8.86. The second kappa shape index (κ2) is 10.7. The molecule has 1 aliphatic rings. The summed E-state index contributed by atoms with van der Waals surface area (Å²) in [6, 6.07) is 53.8. The Balaban J connectivity index is 1.24. The maximum absolute atomic E-state index is 6.52. The highest BCUT2D eigenvalue weighted by Gasteiger charge is 2.28. The lowest BCUT2D eigenvalue weighted by molar-refractivity contribution is 0.487. The van der Waals surface area contributed by atoms with Crippen LogP contribution in [0.2, 0.25) is 0 Å². The SMILES string of the molecule is c1ccc(-c2nc(-c3ccccc3)nc(-c3ccc(-n4c5c(c6ccccc64)-c4ccccc4Oc4ccccc4-5)cc3)n2)cc1. The molecule has 0 spiro atoms. The smallest absolute Gasteiger partial charge is 0.164 e. The molecule has 0 radical (unpaired) electrons. The van der Waals surface area contributed by atoms with Gasteiger partial charge in [-0.05, 0) is 48.5 Å². The molecule has 0 amide bonds. The molecular formula is C41H26N4O. The highest BCUT2D eigenvalue weighted by Crippen LogP contribution is 2.51. The van der Waals surface area contributed by atoms with Gasteiger partial charge in [-0.3, -0.25) is 0 Å². The van der Waals surface area contributed by atoms with Crippen LogP contribution in [0.3, 0.4) is 0 Å². The predicted octanol–water partition coefficient (Wildman–Crippen LogP) is 10.3. The van der Waals surface area contributed by atoms with Crippen LogP contribution >= 0.6 is 0 Å². The Labute approximate surface area is 266 Å². The summed E-state index contributed by atoms with van der Waals surface area (Å²) in [5.41, 5.74) is 9.37. The molecule has 9 rings (SSSR count). The Hall–Kier alpha value is -6.33. The fourth-order valence-corrected chi connectivity index (χ4v) is 6.36. The average Bonchev–Trinajstić information content (AvgIpc) is 3.40. The van der Waals surface area contributed by atoms with Crippen LogP contribution < -0.4 is 4.74 Å². The Morgan fingerprint density at radius 1 is 0.413 bits per heavy atom. The molecule has 5 nitrogen and oxygen atoms in total. The van der Waals surface area contributed by atoms with Gasteiger partial charge >= 0.3 is 0 Å². The second-order valence-electron chi connectivity index (χ2n) is 11.3. The third kappa shape index (κ3) is 4.29.